The average Bonchev–Trinajstić information content (AvgIpc) is 3.23. The van der Waals surface area contributed by atoms with Crippen LogP contribution in [0, 0.1) is 0 Å². The molecule has 1 N–H and O–H groups in total. The molecule has 0 saturated heterocycles. The quantitative estimate of drug-likeness (QED) is 0.0404. The minimum absolute atomic E-state index is 0.102. The maximum atomic E-state index is 11.9. The van der Waals surface area contributed by atoms with E-state index in [2.05, 4.69) is 0 Å². The van der Waals surface area contributed by atoms with Crippen molar-refractivity contribution in [2.24, 2.45) is 0 Å². The van der Waals surface area contributed by atoms with E-state index in [1.165, 1.54) is 263 Å². The lowest BCUT2D eigenvalue weighted by Gasteiger charge is -2.05. The first-order valence-electron chi connectivity index (χ1n) is 26.7. The van der Waals surface area contributed by atoms with Crippen LogP contribution in [0.3, 0.4) is 0 Å². The fourth-order valence-corrected chi connectivity index (χ4v) is 8.82. The molecule has 4 nitrogen and oxygen atoms in total. The Morgan fingerprint density at radius 1 is 0.288 bits per heavy atom. The maximum Gasteiger partial charge on any atom is 0.311 e. The highest BCUT2D eigenvalue weighted by Crippen LogP contribution is 2.19. The second-order valence-electron chi connectivity index (χ2n) is 18.6. The molecule has 0 aliphatic heterocycles. The van der Waals surface area contributed by atoms with Crippen molar-refractivity contribution in [3.8, 4) is 5.75 Å². The van der Waals surface area contributed by atoms with Crippen molar-refractivity contribution in [2.75, 3.05) is 0 Å². The molecule has 4 heteroatoms. The zero-order chi connectivity index (χ0) is 42.2. The first-order valence-corrected chi connectivity index (χ1v) is 26.7. The van der Waals surface area contributed by atoms with Crippen LogP contribution < -0.4 is 4.74 Å². The molecule has 0 aliphatic rings. The molecular weight excluding hydrogens is 725 g/mol. The summed E-state index contributed by atoms with van der Waals surface area (Å²) in [5, 5.41) is 8.67. The van der Waals surface area contributed by atoms with E-state index in [1.807, 2.05) is 30.3 Å². The molecule has 0 aromatic heterocycles. The number of unbranched alkanes of at least 4 members (excludes halogenated alkanes) is 44. The molecule has 0 atom stereocenters. The lowest BCUT2D eigenvalue weighted by Crippen LogP contribution is -2.07. The third-order valence-electron chi connectivity index (χ3n) is 12.7. The smallest absolute Gasteiger partial charge is 0.311 e. The molecule has 0 unspecified atom stereocenters. The molecule has 0 heterocycles. The molecular formula is C55H100O4. The number of benzene rings is 1. The standard InChI is InChI=1S/C55H100O4/c56-54(57)51-47-42-40-38-36-34-32-30-28-26-24-22-20-18-16-14-12-10-8-6-4-2-1-3-5-7-9-11-13-15-17-19-21-23-25-27-29-31-33-35-37-39-41-43-48-52-55(58)59-53-49-45-44-46-50-53/h44-46,49-50H,1-43,47-48,51-52H2,(H,56,57). The second-order valence-corrected chi connectivity index (χ2v) is 18.6. The third-order valence-corrected chi connectivity index (χ3v) is 12.7. The zero-order valence-corrected chi connectivity index (χ0v) is 39.3. The van der Waals surface area contributed by atoms with Gasteiger partial charge in [-0.1, -0.05) is 294 Å². The van der Waals surface area contributed by atoms with Crippen LogP contribution in [0.15, 0.2) is 30.3 Å². The van der Waals surface area contributed by atoms with Gasteiger partial charge in [-0.15, -0.1) is 0 Å². The first-order chi connectivity index (χ1) is 29.2. The molecule has 1 aromatic rings. The third kappa shape index (κ3) is 45.5. The van der Waals surface area contributed by atoms with Gasteiger partial charge in [0.15, 0.2) is 0 Å². The maximum absolute atomic E-state index is 11.9. The van der Waals surface area contributed by atoms with Gasteiger partial charge in [0, 0.05) is 12.8 Å². The molecule has 0 spiro atoms. The lowest BCUT2D eigenvalue weighted by molar-refractivity contribution is -0.137. The van der Waals surface area contributed by atoms with Crippen LogP contribution in [-0.4, -0.2) is 17.0 Å². The van der Waals surface area contributed by atoms with E-state index in [9.17, 15) is 9.59 Å². The average molecular weight is 825 g/mol. The van der Waals surface area contributed by atoms with Crippen LogP contribution in [0.1, 0.15) is 302 Å². The zero-order valence-electron chi connectivity index (χ0n) is 39.3. The van der Waals surface area contributed by atoms with Gasteiger partial charge in [0.05, 0.1) is 0 Å². The van der Waals surface area contributed by atoms with E-state index in [0.717, 1.165) is 25.7 Å². The van der Waals surface area contributed by atoms with E-state index in [4.69, 9.17) is 9.84 Å². The Kier molecular flexibility index (Phi) is 44.2. The van der Waals surface area contributed by atoms with Crippen molar-refractivity contribution < 1.29 is 19.4 Å². The normalized spacial score (nSPS) is 11.4. The van der Waals surface area contributed by atoms with E-state index in [-0.39, 0.29) is 5.97 Å². The van der Waals surface area contributed by atoms with Gasteiger partial charge >= 0.3 is 11.9 Å². The van der Waals surface area contributed by atoms with Crippen LogP contribution in [0.4, 0.5) is 0 Å². The van der Waals surface area contributed by atoms with Crippen LogP contribution in [0.2, 0.25) is 0 Å². The van der Waals surface area contributed by atoms with Crippen molar-refractivity contribution in [1.82, 2.24) is 0 Å². The van der Waals surface area contributed by atoms with Crippen molar-refractivity contribution >= 4 is 11.9 Å². The van der Waals surface area contributed by atoms with Gasteiger partial charge in [0.1, 0.15) is 5.75 Å². The summed E-state index contributed by atoms with van der Waals surface area (Å²) in [6.45, 7) is 0. The Bertz CT molecular complexity index is 977. The Morgan fingerprint density at radius 3 is 0.678 bits per heavy atom. The second kappa shape index (κ2) is 47.2. The van der Waals surface area contributed by atoms with E-state index >= 15 is 0 Å². The van der Waals surface area contributed by atoms with Crippen molar-refractivity contribution in [1.29, 1.82) is 0 Å². The summed E-state index contributed by atoms with van der Waals surface area (Å²) in [5.74, 6) is -0.0980. The highest BCUT2D eigenvalue weighted by Gasteiger charge is 2.04. The molecule has 0 bridgehead atoms. The fraction of sp³-hybridized carbons (Fsp3) is 0.855. The Balaban J connectivity index is 1.61. The number of para-hydroxylation sites is 1. The van der Waals surface area contributed by atoms with Gasteiger partial charge < -0.3 is 9.84 Å². The number of ether oxygens (including phenoxy) is 1. The summed E-state index contributed by atoms with van der Waals surface area (Å²) in [4.78, 5) is 22.4. The van der Waals surface area contributed by atoms with Gasteiger partial charge in [-0.05, 0) is 25.0 Å². The molecule has 344 valence electrons. The number of carboxylic acid groups (broad SMARTS) is 1. The van der Waals surface area contributed by atoms with Gasteiger partial charge in [0.25, 0.3) is 0 Å². The number of aliphatic carboxylic acids is 1. The van der Waals surface area contributed by atoms with Gasteiger partial charge in [-0.3, -0.25) is 9.59 Å². The van der Waals surface area contributed by atoms with Crippen LogP contribution in [0.25, 0.3) is 0 Å². The van der Waals surface area contributed by atoms with Crippen LogP contribution in [0.5, 0.6) is 5.75 Å². The summed E-state index contributed by atoms with van der Waals surface area (Å²) >= 11 is 0. The van der Waals surface area contributed by atoms with Gasteiger partial charge in [0.2, 0.25) is 0 Å². The summed E-state index contributed by atoms with van der Waals surface area (Å²) in [6, 6.07) is 9.40. The highest BCUT2D eigenvalue weighted by molar-refractivity contribution is 5.72. The summed E-state index contributed by atoms with van der Waals surface area (Å²) in [5.41, 5.74) is 0. The minimum Gasteiger partial charge on any atom is -0.481 e. The number of esters is 1. The molecule has 0 saturated carbocycles. The van der Waals surface area contributed by atoms with Crippen LogP contribution >= 0.6 is 0 Å². The van der Waals surface area contributed by atoms with Gasteiger partial charge in [-0.25, -0.2) is 0 Å². The number of hydrogen-bond acceptors (Lipinski definition) is 3. The first kappa shape index (κ1) is 55.2. The molecule has 0 radical (unpaired) electrons. The lowest BCUT2D eigenvalue weighted by atomic mass is 10.0. The molecule has 59 heavy (non-hydrogen) atoms. The fourth-order valence-electron chi connectivity index (χ4n) is 8.82. The number of rotatable bonds is 49. The largest absolute Gasteiger partial charge is 0.481 e. The summed E-state index contributed by atoms with van der Waals surface area (Å²) in [7, 11) is 0. The molecule has 0 aliphatic carbocycles. The monoisotopic (exact) mass is 825 g/mol. The Hall–Kier alpha value is -1.84. The summed E-state index contributed by atoms with van der Waals surface area (Å²) in [6.07, 6.45) is 63.3. The molecule has 1 rings (SSSR count). The van der Waals surface area contributed by atoms with Gasteiger partial charge in [-0.2, -0.15) is 0 Å². The van der Waals surface area contributed by atoms with E-state index in [1.54, 1.807) is 0 Å². The highest BCUT2D eigenvalue weighted by atomic mass is 16.5. The number of carboxylic acids is 1. The number of carbonyl (C=O) groups excluding carboxylic acids is 1. The topological polar surface area (TPSA) is 63.6 Å². The van der Waals surface area contributed by atoms with Crippen molar-refractivity contribution in [3.05, 3.63) is 30.3 Å². The predicted octanol–water partition coefficient (Wildman–Crippen LogP) is 19.0. The number of hydrogen-bond donors (Lipinski definition) is 1. The minimum atomic E-state index is -0.649. The molecule has 0 amide bonds. The number of carbonyl (C=O) groups is 2. The predicted molar refractivity (Wildman–Crippen MR) is 257 cm³/mol. The Morgan fingerprint density at radius 2 is 0.475 bits per heavy atom. The molecule has 1 aromatic carbocycles. The van der Waals surface area contributed by atoms with Crippen LogP contribution in [-0.2, 0) is 9.59 Å². The van der Waals surface area contributed by atoms with Crippen molar-refractivity contribution in [2.45, 2.75) is 302 Å². The van der Waals surface area contributed by atoms with E-state index < -0.39 is 5.97 Å². The van der Waals surface area contributed by atoms with E-state index in [0.29, 0.717) is 18.6 Å². The van der Waals surface area contributed by atoms with Crippen molar-refractivity contribution in [3.63, 3.8) is 0 Å². The Labute approximate surface area is 368 Å². The SMILES string of the molecule is O=C(O)CCCCCCCCCCCCCCCCCCCCCCCCCCCCCCCCCCCCCCCCCCCCCCCC(=O)Oc1ccccc1. The molecule has 0 fully saturated rings. The summed E-state index contributed by atoms with van der Waals surface area (Å²) < 4.78 is 5.36.